The summed E-state index contributed by atoms with van der Waals surface area (Å²) >= 11 is 5.86. The molecule has 0 unspecified atom stereocenters. The number of hydrogen-bond acceptors (Lipinski definition) is 3. The molecule has 0 saturated carbocycles. The molecule has 2 rings (SSSR count). The van der Waals surface area contributed by atoms with Gasteiger partial charge in [0.05, 0.1) is 5.02 Å². The quantitative estimate of drug-likeness (QED) is 0.394. The molecule has 0 atom stereocenters. The Bertz CT molecular complexity index is 630. The minimum atomic E-state index is -0.412. The average Bonchev–Trinajstić information content (AvgIpc) is 2.46. The van der Waals surface area contributed by atoms with E-state index in [2.05, 4.69) is 5.16 Å². The van der Waals surface area contributed by atoms with Gasteiger partial charge in [-0.25, -0.2) is 4.39 Å². The first-order chi connectivity index (χ1) is 9.60. The molecule has 0 saturated heterocycles. The zero-order valence-electron chi connectivity index (χ0n) is 10.4. The van der Waals surface area contributed by atoms with Gasteiger partial charge in [-0.05, 0) is 23.8 Å². The van der Waals surface area contributed by atoms with E-state index in [0.29, 0.717) is 11.3 Å². The maximum absolute atomic E-state index is 12.9. The van der Waals surface area contributed by atoms with Crippen molar-refractivity contribution in [2.45, 2.75) is 6.61 Å². The summed E-state index contributed by atoms with van der Waals surface area (Å²) in [4.78, 5) is 0. The number of oxime groups is 1. The maximum Gasteiger partial charge on any atom is 0.170 e. The van der Waals surface area contributed by atoms with Crippen LogP contribution >= 0.6 is 11.6 Å². The molecular weight excluding hydrogens is 283 g/mol. The fourth-order valence-electron chi connectivity index (χ4n) is 1.58. The third-order valence-corrected chi connectivity index (χ3v) is 2.94. The molecule has 2 aromatic carbocycles. The average molecular weight is 295 g/mol. The molecule has 3 N–H and O–H groups in total. The number of ether oxygens (including phenoxy) is 1. The minimum Gasteiger partial charge on any atom is -0.487 e. The van der Waals surface area contributed by atoms with Crippen LogP contribution in [-0.2, 0) is 6.61 Å². The summed E-state index contributed by atoms with van der Waals surface area (Å²) in [5.41, 5.74) is 6.94. The molecule has 4 nitrogen and oxygen atoms in total. The van der Waals surface area contributed by atoms with Crippen LogP contribution in [0.15, 0.2) is 47.6 Å². The molecule has 2 aromatic rings. The van der Waals surface area contributed by atoms with Crippen LogP contribution in [0.5, 0.6) is 5.75 Å². The summed E-state index contributed by atoms with van der Waals surface area (Å²) in [5, 5.41) is 11.7. The van der Waals surface area contributed by atoms with Crippen molar-refractivity contribution in [3.05, 3.63) is 64.4 Å². The Labute approximate surface area is 120 Å². The molecule has 6 heteroatoms. The predicted molar refractivity (Wildman–Crippen MR) is 74.7 cm³/mol. The second-order valence-corrected chi connectivity index (χ2v) is 4.45. The first-order valence-corrected chi connectivity index (χ1v) is 6.12. The van der Waals surface area contributed by atoms with Crippen molar-refractivity contribution < 1.29 is 14.3 Å². The molecule has 0 heterocycles. The van der Waals surface area contributed by atoms with Crippen molar-refractivity contribution >= 4 is 17.4 Å². The highest BCUT2D eigenvalue weighted by molar-refractivity contribution is 6.32. The monoisotopic (exact) mass is 294 g/mol. The number of benzene rings is 2. The molecule has 104 valence electrons. The fraction of sp³-hybridized carbons (Fsp3) is 0.0714. The maximum atomic E-state index is 12.9. The Kier molecular flexibility index (Phi) is 4.42. The van der Waals surface area contributed by atoms with E-state index in [9.17, 15) is 4.39 Å². The molecule has 0 aliphatic heterocycles. The van der Waals surface area contributed by atoms with Gasteiger partial charge in [-0.15, -0.1) is 0 Å². The number of amidine groups is 1. The van der Waals surface area contributed by atoms with Crippen LogP contribution in [0.2, 0.25) is 5.02 Å². The van der Waals surface area contributed by atoms with Gasteiger partial charge < -0.3 is 15.7 Å². The zero-order chi connectivity index (χ0) is 14.5. The topological polar surface area (TPSA) is 67.8 Å². The lowest BCUT2D eigenvalue weighted by molar-refractivity contribution is 0.306. The van der Waals surface area contributed by atoms with Crippen molar-refractivity contribution in [2.75, 3.05) is 0 Å². The van der Waals surface area contributed by atoms with Crippen LogP contribution < -0.4 is 10.5 Å². The second kappa shape index (κ2) is 6.25. The van der Waals surface area contributed by atoms with Crippen LogP contribution in [0.4, 0.5) is 4.39 Å². The molecule has 0 radical (unpaired) electrons. The lowest BCUT2D eigenvalue weighted by atomic mass is 10.1. The van der Waals surface area contributed by atoms with Crippen molar-refractivity contribution in [1.29, 1.82) is 0 Å². The third kappa shape index (κ3) is 3.39. The Morgan fingerprint density at radius 1 is 1.25 bits per heavy atom. The summed E-state index contributed by atoms with van der Waals surface area (Å²) in [7, 11) is 0. The molecule has 20 heavy (non-hydrogen) atoms. The van der Waals surface area contributed by atoms with E-state index in [0.717, 1.165) is 5.56 Å². The van der Waals surface area contributed by atoms with Crippen molar-refractivity contribution in [1.82, 2.24) is 0 Å². The van der Waals surface area contributed by atoms with Crippen LogP contribution in [0.3, 0.4) is 0 Å². The molecule has 0 aromatic heterocycles. The van der Waals surface area contributed by atoms with Crippen LogP contribution in [-0.4, -0.2) is 11.0 Å². The SMILES string of the molecule is N/C(=N\O)c1ccc(COc2ccc(F)cc2Cl)cc1. The highest BCUT2D eigenvalue weighted by Gasteiger charge is 2.04. The smallest absolute Gasteiger partial charge is 0.170 e. The van der Waals surface area contributed by atoms with Crippen LogP contribution in [0, 0.1) is 5.82 Å². The number of nitrogens with zero attached hydrogens (tertiary/aromatic N) is 1. The highest BCUT2D eigenvalue weighted by Crippen LogP contribution is 2.25. The van der Waals surface area contributed by atoms with Crippen molar-refractivity contribution in [2.24, 2.45) is 10.9 Å². The van der Waals surface area contributed by atoms with Crippen LogP contribution in [0.25, 0.3) is 0 Å². The zero-order valence-corrected chi connectivity index (χ0v) is 11.1. The summed E-state index contributed by atoms with van der Waals surface area (Å²) < 4.78 is 18.4. The molecule has 0 aliphatic carbocycles. The van der Waals surface area contributed by atoms with E-state index in [1.807, 2.05) is 0 Å². The van der Waals surface area contributed by atoms with E-state index in [1.165, 1.54) is 18.2 Å². The Hall–Kier alpha value is -2.27. The van der Waals surface area contributed by atoms with E-state index >= 15 is 0 Å². The largest absolute Gasteiger partial charge is 0.487 e. The van der Waals surface area contributed by atoms with E-state index in [-0.39, 0.29) is 17.5 Å². The van der Waals surface area contributed by atoms with Gasteiger partial charge >= 0.3 is 0 Å². The van der Waals surface area contributed by atoms with Crippen molar-refractivity contribution in [3.63, 3.8) is 0 Å². The van der Waals surface area contributed by atoms with Gasteiger partial charge in [-0.1, -0.05) is 41.0 Å². The van der Waals surface area contributed by atoms with E-state index in [1.54, 1.807) is 24.3 Å². The predicted octanol–water partition coefficient (Wildman–Crippen LogP) is 3.15. The Balaban J connectivity index is 2.04. The summed E-state index contributed by atoms with van der Waals surface area (Å²) in [6, 6.07) is 10.9. The lowest BCUT2D eigenvalue weighted by Gasteiger charge is -2.08. The highest BCUT2D eigenvalue weighted by atomic mass is 35.5. The minimum absolute atomic E-state index is 0.0408. The van der Waals surface area contributed by atoms with E-state index < -0.39 is 5.82 Å². The number of hydrogen-bond donors (Lipinski definition) is 2. The van der Waals surface area contributed by atoms with Crippen molar-refractivity contribution in [3.8, 4) is 5.75 Å². The molecular formula is C14H12ClFN2O2. The fourth-order valence-corrected chi connectivity index (χ4v) is 1.80. The molecule has 0 amide bonds. The second-order valence-electron chi connectivity index (χ2n) is 4.05. The molecule has 0 fully saturated rings. The standard InChI is InChI=1S/C14H12ClFN2O2/c15-12-7-11(16)5-6-13(12)20-8-9-1-3-10(4-2-9)14(17)18-19/h1-7,19H,8H2,(H2,17,18). The Morgan fingerprint density at radius 2 is 1.95 bits per heavy atom. The third-order valence-electron chi connectivity index (χ3n) is 2.65. The van der Waals surface area contributed by atoms with Gasteiger partial charge in [0.25, 0.3) is 0 Å². The van der Waals surface area contributed by atoms with Gasteiger partial charge in [0.15, 0.2) is 5.84 Å². The first kappa shape index (κ1) is 14.1. The van der Waals surface area contributed by atoms with Crippen LogP contribution in [0.1, 0.15) is 11.1 Å². The lowest BCUT2D eigenvalue weighted by Crippen LogP contribution is -2.12. The molecule has 0 bridgehead atoms. The molecule has 0 spiro atoms. The van der Waals surface area contributed by atoms with Gasteiger partial charge in [-0.3, -0.25) is 0 Å². The number of nitrogens with two attached hydrogens (primary N) is 1. The number of halogens is 2. The van der Waals surface area contributed by atoms with Gasteiger partial charge in [0.1, 0.15) is 18.2 Å². The van der Waals surface area contributed by atoms with Gasteiger partial charge in [-0.2, -0.15) is 0 Å². The first-order valence-electron chi connectivity index (χ1n) is 5.75. The van der Waals surface area contributed by atoms with Gasteiger partial charge in [0.2, 0.25) is 0 Å². The summed E-state index contributed by atoms with van der Waals surface area (Å²) in [6.45, 7) is 0.280. The van der Waals surface area contributed by atoms with Gasteiger partial charge in [0, 0.05) is 5.56 Å². The number of rotatable bonds is 4. The normalized spacial score (nSPS) is 11.4. The molecule has 0 aliphatic rings. The summed E-state index contributed by atoms with van der Waals surface area (Å²) in [6.07, 6.45) is 0. The summed E-state index contributed by atoms with van der Waals surface area (Å²) in [5.74, 6) is 0.0399. The Morgan fingerprint density at radius 3 is 2.55 bits per heavy atom. The van der Waals surface area contributed by atoms with E-state index in [4.69, 9.17) is 27.3 Å².